The Morgan fingerprint density at radius 3 is 2.58 bits per heavy atom. The molecule has 3 fully saturated rings. The minimum atomic E-state index is -2.20. The van der Waals surface area contributed by atoms with Crippen LogP contribution in [0.3, 0.4) is 0 Å². The molecule has 1 spiro atoms. The van der Waals surface area contributed by atoms with Crippen molar-refractivity contribution in [2.75, 3.05) is 54.0 Å². The van der Waals surface area contributed by atoms with Crippen molar-refractivity contribution >= 4 is 46.1 Å². The van der Waals surface area contributed by atoms with E-state index in [1.165, 1.54) is 21.2 Å². The molecule has 4 aliphatic heterocycles. The number of pyridine rings is 1. The molecule has 17 heteroatoms. The van der Waals surface area contributed by atoms with Gasteiger partial charge in [0.25, 0.3) is 5.91 Å². The lowest BCUT2D eigenvalue weighted by atomic mass is 9.78. The summed E-state index contributed by atoms with van der Waals surface area (Å²) in [4.78, 5) is 73.1. The van der Waals surface area contributed by atoms with Crippen molar-refractivity contribution < 1.29 is 33.8 Å². The van der Waals surface area contributed by atoms with Crippen molar-refractivity contribution in [3.05, 3.63) is 58.2 Å². The van der Waals surface area contributed by atoms with E-state index in [9.17, 15) is 24.3 Å². The zero-order valence-corrected chi connectivity index (χ0v) is 40.8. The predicted octanol–water partition coefficient (Wildman–Crippen LogP) is 5.77. The van der Waals surface area contributed by atoms with Gasteiger partial charge in [0.15, 0.2) is 0 Å². The maximum atomic E-state index is 14.7. The zero-order chi connectivity index (χ0) is 47.3. The number of esters is 1. The number of nitrogens with one attached hydrogen (secondary N) is 2. The Balaban J connectivity index is 1.17. The summed E-state index contributed by atoms with van der Waals surface area (Å²) >= 11 is 1.39. The number of nitrogens with zero attached hydrogens (tertiary/aromatic N) is 7. The van der Waals surface area contributed by atoms with Gasteiger partial charge in [0.1, 0.15) is 12.1 Å². The lowest BCUT2D eigenvalue weighted by Gasteiger charge is -2.57. The van der Waals surface area contributed by atoms with E-state index in [0.29, 0.717) is 30.9 Å². The van der Waals surface area contributed by atoms with Gasteiger partial charge in [-0.1, -0.05) is 33.8 Å². The van der Waals surface area contributed by atoms with Crippen LogP contribution in [0.1, 0.15) is 96.0 Å². The molecule has 0 saturated carbocycles. The van der Waals surface area contributed by atoms with E-state index in [2.05, 4.69) is 58.4 Å². The number of ether oxygens (including phenoxy) is 2. The number of aliphatic hydroxyl groups is 1. The molecule has 8 rings (SSSR count). The monoisotopic (exact) mass is 925 g/mol. The van der Waals surface area contributed by atoms with Gasteiger partial charge in [-0.2, -0.15) is 5.43 Å². The molecule has 4 amide bonds. The number of rotatable bonds is 8. The molecule has 16 nitrogen and oxygen atoms in total. The van der Waals surface area contributed by atoms with Crippen molar-refractivity contribution in [3.8, 4) is 22.5 Å². The summed E-state index contributed by atoms with van der Waals surface area (Å²) in [7, 11) is 5.42. The number of hydrogen-bond donors (Lipinski definition) is 3. The average molecular weight is 926 g/mol. The van der Waals surface area contributed by atoms with Crippen LogP contribution in [0.4, 0.5) is 4.79 Å². The number of fused-ring (bicyclic) bond motifs is 6. The molecule has 356 valence electrons. The van der Waals surface area contributed by atoms with Crippen LogP contribution < -0.4 is 10.7 Å². The summed E-state index contributed by atoms with van der Waals surface area (Å²) < 4.78 is 14.1. The topological polar surface area (TPSA) is 175 Å². The number of benzene rings is 1. The van der Waals surface area contributed by atoms with Gasteiger partial charge in [0.05, 0.1) is 40.3 Å². The van der Waals surface area contributed by atoms with Crippen LogP contribution in [-0.2, 0) is 43.2 Å². The van der Waals surface area contributed by atoms with Crippen LogP contribution in [0.15, 0.2) is 41.9 Å². The minimum Gasteiger partial charge on any atom is -0.462 e. The van der Waals surface area contributed by atoms with Crippen LogP contribution in [0, 0.1) is 11.3 Å². The van der Waals surface area contributed by atoms with Crippen molar-refractivity contribution in [2.24, 2.45) is 11.3 Å². The summed E-state index contributed by atoms with van der Waals surface area (Å²) in [6, 6.07) is 8.07. The number of carbonyl (C=O) groups is 4. The van der Waals surface area contributed by atoms with Crippen LogP contribution in [0.2, 0.25) is 0 Å². The largest absolute Gasteiger partial charge is 0.462 e. The highest BCUT2D eigenvalue weighted by Gasteiger charge is 2.51. The Morgan fingerprint density at radius 2 is 1.88 bits per heavy atom. The first-order valence-corrected chi connectivity index (χ1v) is 24.4. The van der Waals surface area contributed by atoms with Gasteiger partial charge in [-0.05, 0) is 95.3 Å². The van der Waals surface area contributed by atoms with Gasteiger partial charge in [0.2, 0.25) is 11.6 Å². The SMILES string of the molecule is CCn1c(-c2cccnc2[C@H](C)OC)c2c3cc(ccc31)-c1csc(n1)C[C@H](NC(=O)[C@H](C(C)C)N(C)C(=O)N1CC[C@@]13CCCN(C)C3)C(=O)N1CCC[C@@](O)(N1)C(=O)OCC(C)(C)C2. The third-order valence-electron chi connectivity index (χ3n) is 14.2. The van der Waals surface area contributed by atoms with E-state index in [0.717, 1.165) is 77.0 Å². The van der Waals surface area contributed by atoms with E-state index >= 15 is 0 Å². The molecular weight excluding hydrogens is 859 g/mol. The van der Waals surface area contributed by atoms with Gasteiger partial charge < -0.3 is 39.2 Å². The summed E-state index contributed by atoms with van der Waals surface area (Å²) in [6.45, 7) is 15.2. The van der Waals surface area contributed by atoms with Gasteiger partial charge in [-0.3, -0.25) is 19.6 Å². The first-order valence-electron chi connectivity index (χ1n) is 23.5. The normalized spacial score (nSPS) is 24.7. The molecule has 4 aliphatic rings. The third kappa shape index (κ3) is 8.96. The van der Waals surface area contributed by atoms with Gasteiger partial charge in [-0.25, -0.2) is 14.6 Å². The smallest absolute Gasteiger partial charge is 0.355 e. The Kier molecular flexibility index (Phi) is 13.4. The fourth-order valence-electron chi connectivity index (χ4n) is 10.7. The lowest BCUT2D eigenvalue weighted by molar-refractivity contribution is -0.189. The standard InChI is InChI=1S/C49H67N9O7S/c1-10-56-38-16-15-32-24-34(38)35(42(56)33-14-11-20-50-40(33)31(4)64-9)26-47(5,6)29-65-45(61)49(63)18-13-22-58(53-49)44(60)36(25-39-51-37(32)27-66-39)52-43(59)41(30(2)3)55(8)46(62)57-23-19-48(57)17-12-21-54(7)28-48/h11,14-16,20,24,27,30-31,36,41,53,63H,10,12-13,17-19,21-23,25-26,28-29H2,1-9H3,(H,52,59)/t31-,36-,41-,48+,49-/m0/s1. The Labute approximate surface area is 392 Å². The fraction of sp³-hybridized carbons (Fsp3) is 0.592. The maximum absolute atomic E-state index is 14.7. The average Bonchev–Trinajstić information content (AvgIpc) is 3.88. The second-order valence-corrected chi connectivity index (χ2v) is 21.0. The molecule has 3 N–H and O–H groups in total. The molecule has 3 aromatic heterocycles. The molecule has 0 radical (unpaired) electrons. The molecule has 0 unspecified atom stereocenters. The highest BCUT2D eigenvalue weighted by molar-refractivity contribution is 7.10. The van der Waals surface area contributed by atoms with Crippen LogP contribution in [0.5, 0.6) is 0 Å². The van der Waals surface area contributed by atoms with Crippen molar-refractivity contribution in [3.63, 3.8) is 0 Å². The number of likely N-dealkylation sites (N-methyl/N-ethyl adjacent to an activating group) is 2. The number of piperidine rings is 1. The van der Waals surface area contributed by atoms with E-state index in [1.807, 2.05) is 51.0 Å². The number of methoxy groups -OCH3 is 1. The Bertz CT molecular complexity index is 2490. The van der Waals surface area contributed by atoms with E-state index in [4.69, 9.17) is 19.4 Å². The molecule has 66 heavy (non-hydrogen) atoms. The molecule has 0 aliphatic carbocycles. The molecule has 3 saturated heterocycles. The van der Waals surface area contributed by atoms with E-state index in [1.54, 1.807) is 20.4 Å². The minimum absolute atomic E-state index is 0.0113. The quantitative estimate of drug-likeness (QED) is 0.183. The number of aromatic nitrogens is 3. The predicted molar refractivity (Wildman–Crippen MR) is 253 cm³/mol. The number of thiazole rings is 1. The number of carbonyl (C=O) groups excluding carboxylic acids is 4. The maximum Gasteiger partial charge on any atom is 0.355 e. The zero-order valence-electron chi connectivity index (χ0n) is 40.0. The Hall–Kier alpha value is -4.94. The number of urea groups is 1. The highest BCUT2D eigenvalue weighted by Crippen LogP contribution is 2.43. The molecule has 6 bridgehead atoms. The number of likely N-dealkylation sites (tertiary alicyclic amines) is 2. The van der Waals surface area contributed by atoms with Crippen molar-refractivity contribution in [1.82, 2.24) is 45.0 Å². The number of hydrogen-bond acceptors (Lipinski definition) is 12. The van der Waals surface area contributed by atoms with Crippen LogP contribution in [-0.4, -0.2) is 141 Å². The second-order valence-electron chi connectivity index (χ2n) is 20.0. The second kappa shape index (κ2) is 18.6. The summed E-state index contributed by atoms with van der Waals surface area (Å²) in [6.07, 6.45) is 5.18. The molecule has 4 aromatic rings. The molecule has 7 heterocycles. The number of hydrazine groups is 1. The van der Waals surface area contributed by atoms with Crippen LogP contribution in [0.25, 0.3) is 33.4 Å². The van der Waals surface area contributed by atoms with Gasteiger partial charge in [0, 0.05) is 92.2 Å². The fourth-order valence-corrected chi connectivity index (χ4v) is 11.5. The number of aryl methyl sites for hydroxylation is 1. The lowest BCUT2D eigenvalue weighted by Crippen LogP contribution is -2.71. The van der Waals surface area contributed by atoms with Crippen molar-refractivity contribution in [1.29, 1.82) is 0 Å². The first kappa shape index (κ1) is 47.5. The summed E-state index contributed by atoms with van der Waals surface area (Å²) in [5.74, 6) is -2.21. The van der Waals surface area contributed by atoms with Gasteiger partial charge in [-0.15, -0.1) is 11.3 Å². The first-order chi connectivity index (χ1) is 31.4. The molecular formula is C49H67N9O7S. The van der Waals surface area contributed by atoms with E-state index in [-0.39, 0.29) is 49.6 Å². The Morgan fingerprint density at radius 1 is 1.11 bits per heavy atom. The third-order valence-corrected chi connectivity index (χ3v) is 15.1. The highest BCUT2D eigenvalue weighted by atomic mass is 32.1. The molecule has 5 atom stereocenters. The van der Waals surface area contributed by atoms with E-state index < -0.39 is 41.0 Å². The van der Waals surface area contributed by atoms with Gasteiger partial charge >= 0.3 is 12.0 Å². The summed E-state index contributed by atoms with van der Waals surface area (Å²) in [5, 5.41) is 19.7. The number of amides is 4. The van der Waals surface area contributed by atoms with Crippen molar-refractivity contribution in [2.45, 2.75) is 122 Å². The number of cyclic esters (lactones) is 1. The molecule has 1 aromatic carbocycles. The summed E-state index contributed by atoms with van der Waals surface area (Å²) in [5.41, 5.74) is 6.18. The van der Waals surface area contributed by atoms with Crippen LogP contribution >= 0.6 is 11.3 Å².